The van der Waals surface area contributed by atoms with E-state index in [2.05, 4.69) is 20.9 Å². The first kappa shape index (κ1) is 14.3. The second-order valence-electron chi connectivity index (χ2n) is 3.88. The van der Waals surface area contributed by atoms with Crippen LogP contribution in [0.2, 0.25) is 0 Å². The maximum absolute atomic E-state index is 10.9. The Hall–Kier alpha value is -2.08. The van der Waals surface area contributed by atoms with E-state index in [0.29, 0.717) is 17.2 Å². The van der Waals surface area contributed by atoms with Gasteiger partial charge in [-0.05, 0) is 40.2 Å². The standard InChI is InChI=1S/C14H12BrNO4/c1-19-12-7-3-5-10(15)13(12)20-8-9-4-2-6-11(16-9)14(17)18/h2-7H,8H2,1H3,(H,17,18). The predicted molar refractivity (Wildman–Crippen MR) is 76.2 cm³/mol. The molecule has 0 spiro atoms. The topological polar surface area (TPSA) is 68.7 Å². The highest BCUT2D eigenvalue weighted by Crippen LogP contribution is 2.35. The summed E-state index contributed by atoms with van der Waals surface area (Å²) in [5, 5.41) is 8.89. The van der Waals surface area contributed by atoms with Crippen molar-refractivity contribution in [1.82, 2.24) is 4.98 Å². The third-order valence-electron chi connectivity index (χ3n) is 2.54. The molecule has 6 heteroatoms. The molecule has 0 saturated heterocycles. The first-order valence-electron chi connectivity index (χ1n) is 5.76. The van der Waals surface area contributed by atoms with E-state index in [-0.39, 0.29) is 12.3 Å². The van der Waals surface area contributed by atoms with E-state index >= 15 is 0 Å². The molecule has 0 aliphatic carbocycles. The minimum atomic E-state index is -1.06. The van der Waals surface area contributed by atoms with Crippen LogP contribution < -0.4 is 9.47 Å². The molecule has 0 unspecified atom stereocenters. The van der Waals surface area contributed by atoms with Gasteiger partial charge in [0.25, 0.3) is 0 Å². The number of aromatic carboxylic acids is 1. The Kier molecular flexibility index (Phi) is 4.57. The van der Waals surface area contributed by atoms with Gasteiger partial charge in [0.2, 0.25) is 0 Å². The number of carboxylic acids is 1. The van der Waals surface area contributed by atoms with Crippen molar-refractivity contribution >= 4 is 21.9 Å². The van der Waals surface area contributed by atoms with Crippen LogP contribution in [0.1, 0.15) is 16.2 Å². The number of pyridine rings is 1. The molecule has 0 fully saturated rings. The molecular formula is C14H12BrNO4. The van der Waals surface area contributed by atoms with Gasteiger partial charge in [0, 0.05) is 0 Å². The molecule has 0 aliphatic heterocycles. The SMILES string of the molecule is COc1cccc(Br)c1OCc1cccc(C(=O)O)n1. The molecule has 0 saturated carbocycles. The summed E-state index contributed by atoms with van der Waals surface area (Å²) in [6.07, 6.45) is 0. The lowest BCUT2D eigenvalue weighted by molar-refractivity contribution is 0.0690. The first-order valence-corrected chi connectivity index (χ1v) is 6.55. The molecule has 0 aliphatic rings. The Bertz CT molecular complexity index is 630. The van der Waals surface area contributed by atoms with Crippen LogP contribution in [0.15, 0.2) is 40.9 Å². The van der Waals surface area contributed by atoms with E-state index in [1.165, 1.54) is 6.07 Å². The molecule has 1 heterocycles. The minimum Gasteiger partial charge on any atom is -0.493 e. The number of rotatable bonds is 5. The van der Waals surface area contributed by atoms with E-state index in [1.54, 1.807) is 25.3 Å². The van der Waals surface area contributed by atoms with Crippen LogP contribution in [0, 0.1) is 0 Å². The molecular weight excluding hydrogens is 326 g/mol. The first-order chi connectivity index (χ1) is 9.61. The number of carboxylic acid groups (broad SMARTS) is 1. The summed E-state index contributed by atoms with van der Waals surface area (Å²) >= 11 is 3.38. The smallest absolute Gasteiger partial charge is 0.354 e. The molecule has 1 aromatic heterocycles. The van der Waals surface area contributed by atoms with Crippen LogP contribution in [0.5, 0.6) is 11.5 Å². The van der Waals surface area contributed by atoms with Gasteiger partial charge in [0.05, 0.1) is 17.3 Å². The van der Waals surface area contributed by atoms with Crippen molar-refractivity contribution in [2.45, 2.75) is 6.61 Å². The van der Waals surface area contributed by atoms with E-state index in [4.69, 9.17) is 14.6 Å². The predicted octanol–water partition coefficient (Wildman–Crippen LogP) is 3.13. The molecule has 5 nitrogen and oxygen atoms in total. The molecule has 0 radical (unpaired) electrons. The van der Waals surface area contributed by atoms with Gasteiger partial charge in [-0.1, -0.05) is 12.1 Å². The fourth-order valence-electron chi connectivity index (χ4n) is 1.62. The molecule has 2 rings (SSSR count). The summed E-state index contributed by atoms with van der Waals surface area (Å²) in [7, 11) is 1.55. The summed E-state index contributed by atoms with van der Waals surface area (Å²) in [5.41, 5.74) is 0.521. The Morgan fingerprint density at radius 3 is 2.75 bits per heavy atom. The fraction of sp³-hybridized carbons (Fsp3) is 0.143. The zero-order valence-corrected chi connectivity index (χ0v) is 12.3. The lowest BCUT2D eigenvalue weighted by Gasteiger charge is -2.12. The van der Waals surface area contributed by atoms with Gasteiger partial charge in [-0.15, -0.1) is 0 Å². The van der Waals surface area contributed by atoms with Crippen LogP contribution >= 0.6 is 15.9 Å². The number of aromatic nitrogens is 1. The highest BCUT2D eigenvalue weighted by Gasteiger charge is 2.10. The Labute approximate surface area is 124 Å². The van der Waals surface area contributed by atoms with Crippen molar-refractivity contribution in [3.05, 3.63) is 52.3 Å². The summed E-state index contributed by atoms with van der Waals surface area (Å²) in [5.74, 6) is 0.0802. The number of ether oxygens (including phenoxy) is 2. The summed E-state index contributed by atoms with van der Waals surface area (Å²) in [6.45, 7) is 0.153. The van der Waals surface area contributed by atoms with Crippen LogP contribution in [0.3, 0.4) is 0 Å². The molecule has 1 N–H and O–H groups in total. The average Bonchev–Trinajstić information content (AvgIpc) is 2.46. The number of para-hydroxylation sites is 1. The number of methoxy groups -OCH3 is 1. The largest absolute Gasteiger partial charge is 0.493 e. The zero-order chi connectivity index (χ0) is 14.5. The molecule has 1 aromatic carbocycles. The lowest BCUT2D eigenvalue weighted by Crippen LogP contribution is -2.05. The molecule has 20 heavy (non-hydrogen) atoms. The van der Waals surface area contributed by atoms with Crippen LogP contribution in [-0.2, 0) is 6.61 Å². The normalized spacial score (nSPS) is 10.1. The van der Waals surface area contributed by atoms with Gasteiger partial charge in [-0.3, -0.25) is 0 Å². The van der Waals surface area contributed by atoms with E-state index < -0.39 is 5.97 Å². The monoisotopic (exact) mass is 337 g/mol. The van der Waals surface area contributed by atoms with Crippen LogP contribution in [0.25, 0.3) is 0 Å². The lowest BCUT2D eigenvalue weighted by atomic mass is 10.3. The third kappa shape index (κ3) is 3.27. The van der Waals surface area contributed by atoms with Crippen LogP contribution in [0.4, 0.5) is 0 Å². The van der Waals surface area contributed by atoms with Crippen molar-refractivity contribution in [3.63, 3.8) is 0 Å². The van der Waals surface area contributed by atoms with E-state index in [9.17, 15) is 4.79 Å². The number of halogens is 1. The Balaban J connectivity index is 2.17. The number of hydrogen-bond donors (Lipinski definition) is 1. The highest BCUT2D eigenvalue weighted by molar-refractivity contribution is 9.10. The summed E-state index contributed by atoms with van der Waals surface area (Å²) in [4.78, 5) is 14.8. The molecule has 0 atom stereocenters. The third-order valence-corrected chi connectivity index (χ3v) is 3.17. The molecule has 0 amide bonds. The summed E-state index contributed by atoms with van der Waals surface area (Å²) in [6, 6.07) is 10.2. The van der Waals surface area contributed by atoms with Gasteiger partial charge in [0.15, 0.2) is 11.5 Å². The van der Waals surface area contributed by atoms with Crippen molar-refractivity contribution in [1.29, 1.82) is 0 Å². The van der Waals surface area contributed by atoms with Crippen LogP contribution in [-0.4, -0.2) is 23.2 Å². The van der Waals surface area contributed by atoms with Crippen molar-refractivity contribution < 1.29 is 19.4 Å². The van der Waals surface area contributed by atoms with Gasteiger partial charge >= 0.3 is 5.97 Å². The number of nitrogens with zero attached hydrogens (tertiary/aromatic N) is 1. The van der Waals surface area contributed by atoms with Gasteiger partial charge < -0.3 is 14.6 Å². The maximum atomic E-state index is 10.9. The van der Waals surface area contributed by atoms with Crippen molar-refractivity contribution in [2.24, 2.45) is 0 Å². The summed E-state index contributed by atoms with van der Waals surface area (Å²) < 4.78 is 11.6. The second kappa shape index (κ2) is 6.38. The van der Waals surface area contributed by atoms with E-state index in [0.717, 1.165) is 4.47 Å². The quantitative estimate of drug-likeness (QED) is 0.907. The van der Waals surface area contributed by atoms with Gasteiger partial charge in [-0.2, -0.15) is 0 Å². The Morgan fingerprint density at radius 2 is 2.05 bits per heavy atom. The van der Waals surface area contributed by atoms with E-state index in [1.807, 2.05) is 12.1 Å². The number of benzene rings is 1. The van der Waals surface area contributed by atoms with Crippen molar-refractivity contribution in [3.8, 4) is 11.5 Å². The van der Waals surface area contributed by atoms with Gasteiger partial charge in [0.1, 0.15) is 12.3 Å². The average molecular weight is 338 g/mol. The number of carbonyl (C=O) groups is 1. The molecule has 2 aromatic rings. The molecule has 0 bridgehead atoms. The zero-order valence-electron chi connectivity index (χ0n) is 10.7. The fourth-order valence-corrected chi connectivity index (χ4v) is 2.08. The van der Waals surface area contributed by atoms with Gasteiger partial charge in [-0.25, -0.2) is 9.78 Å². The second-order valence-corrected chi connectivity index (χ2v) is 4.73. The highest BCUT2D eigenvalue weighted by atomic mass is 79.9. The van der Waals surface area contributed by atoms with Crippen molar-refractivity contribution in [2.75, 3.05) is 7.11 Å². The maximum Gasteiger partial charge on any atom is 0.354 e. The Morgan fingerprint density at radius 1 is 1.30 bits per heavy atom. The number of hydrogen-bond acceptors (Lipinski definition) is 4. The minimum absolute atomic E-state index is 0.00908. The molecule has 104 valence electrons.